The molecule has 2 aromatic rings. The Morgan fingerprint density at radius 3 is 2.37 bits per heavy atom. The van der Waals surface area contributed by atoms with Crippen molar-refractivity contribution in [3.05, 3.63) is 42.0 Å². The second-order valence-electron chi connectivity index (χ2n) is 12.8. The largest absolute Gasteiger partial charge is 0.383 e. The van der Waals surface area contributed by atoms with Gasteiger partial charge < -0.3 is 30.1 Å². The van der Waals surface area contributed by atoms with Crippen LogP contribution in [0.15, 0.2) is 36.4 Å². The average molecular weight is 590 g/mol. The molecule has 3 fully saturated rings. The molecule has 2 aliphatic carbocycles. The fraction of sp³-hybridized carbons (Fsp3) is 0.606. The highest BCUT2D eigenvalue weighted by molar-refractivity contribution is 6.04. The van der Waals surface area contributed by atoms with E-state index in [2.05, 4.69) is 20.4 Å². The summed E-state index contributed by atoms with van der Waals surface area (Å²) in [5.41, 5.74) is 2.29. The van der Waals surface area contributed by atoms with E-state index in [-0.39, 0.29) is 23.9 Å². The SMILES string of the molecule is COCCN1c2nc(Nc3ccc(C(=O)N[C@H]4CC[C@H](N5CCN(CC6CC6)CC5)CC4)cc3)ccc2N(C)C(=O)C1C. The van der Waals surface area contributed by atoms with E-state index >= 15 is 0 Å². The number of amides is 2. The maximum atomic E-state index is 13.1. The molecule has 3 heterocycles. The highest BCUT2D eigenvalue weighted by atomic mass is 16.5. The van der Waals surface area contributed by atoms with Crippen LogP contribution in [0, 0.1) is 5.92 Å². The molecule has 2 saturated carbocycles. The second-order valence-corrected chi connectivity index (χ2v) is 12.8. The average Bonchev–Trinajstić information content (AvgIpc) is 3.85. The molecule has 232 valence electrons. The van der Waals surface area contributed by atoms with Gasteiger partial charge in [0.15, 0.2) is 5.82 Å². The van der Waals surface area contributed by atoms with Gasteiger partial charge in [-0.3, -0.25) is 14.5 Å². The van der Waals surface area contributed by atoms with Gasteiger partial charge in [-0.25, -0.2) is 4.98 Å². The van der Waals surface area contributed by atoms with Gasteiger partial charge in [0.2, 0.25) is 5.91 Å². The zero-order chi connectivity index (χ0) is 29.9. The van der Waals surface area contributed by atoms with Gasteiger partial charge in [0.05, 0.1) is 12.3 Å². The van der Waals surface area contributed by atoms with Gasteiger partial charge in [0, 0.05) is 76.8 Å². The molecule has 1 unspecified atom stereocenters. The molecule has 2 aliphatic heterocycles. The van der Waals surface area contributed by atoms with Crippen molar-refractivity contribution < 1.29 is 14.3 Å². The Bertz CT molecular complexity index is 1270. The molecular weight excluding hydrogens is 542 g/mol. The van der Waals surface area contributed by atoms with Crippen molar-refractivity contribution in [2.24, 2.45) is 5.92 Å². The Kier molecular flexibility index (Phi) is 9.16. The third-order valence-corrected chi connectivity index (χ3v) is 9.77. The van der Waals surface area contributed by atoms with Crippen LogP contribution in [0.1, 0.15) is 55.8 Å². The lowest BCUT2D eigenvalue weighted by Gasteiger charge is -2.42. The van der Waals surface area contributed by atoms with Crippen molar-refractivity contribution in [2.75, 3.05) is 75.1 Å². The van der Waals surface area contributed by atoms with Crippen molar-refractivity contribution >= 4 is 34.8 Å². The fourth-order valence-electron chi connectivity index (χ4n) is 6.87. The number of piperazine rings is 1. The maximum Gasteiger partial charge on any atom is 0.251 e. The molecule has 6 rings (SSSR count). The van der Waals surface area contributed by atoms with Crippen molar-refractivity contribution in [1.29, 1.82) is 0 Å². The monoisotopic (exact) mass is 589 g/mol. The fourth-order valence-corrected chi connectivity index (χ4v) is 6.87. The first-order valence-electron chi connectivity index (χ1n) is 16.1. The Labute approximate surface area is 255 Å². The van der Waals surface area contributed by atoms with Gasteiger partial charge >= 0.3 is 0 Å². The zero-order valence-corrected chi connectivity index (χ0v) is 25.9. The molecule has 0 spiro atoms. The van der Waals surface area contributed by atoms with Crippen LogP contribution in [-0.4, -0.2) is 105 Å². The summed E-state index contributed by atoms with van der Waals surface area (Å²) < 4.78 is 5.27. The zero-order valence-electron chi connectivity index (χ0n) is 25.9. The number of fused-ring (bicyclic) bond motifs is 1. The number of benzene rings is 1. The van der Waals surface area contributed by atoms with Crippen LogP contribution in [0.2, 0.25) is 0 Å². The van der Waals surface area contributed by atoms with Crippen LogP contribution in [0.3, 0.4) is 0 Å². The van der Waals surface area contributed by atoms with Gasteiger partial charge in [0.1, 0.15) is 11.9 Å². The Balaban J connectivity index is 0.997. The second kappa shape index (κ2) is 13.2. The molecule has 43 heavy (non-hydrogen) atoms. The molecular formula is C33H47N7O3. The summed E-state index contributed by atoms with van der Waals surface area (Å²) >= 11 is 0. The number of rotatable bonds is 10. The predicted molar refractivity (Wildman–Crippen MR) is 170 cm³/mol. The summed E-state index contributed by atoms with van der Waals surface area (Å²) in [6, 6.07) is 11.9. The minimum Gasteiger partial charge on any atom is -0.383 e. The van der Waals surface area contributed by atoms with Crippen LogP contribution >= 0.6 is 0 Å². The number of carbonyl (C=O) groups is 2. The summed E-state index contributed by atoms with van der Waals surface area (Å²) in [5.74, 6) is 2.42. The first-order valence-corrected chi connectivity index (χ1v) is 16.1. The molecule has 2 amide bonds. The van der Waals surface area contributed by atoms with Crippen LogP contribution in [0.25, 0.3) is 0 Å². The van der Waals surface area contributed by atoms with Gasteiger partial charge in [-0.05, 0) is 87.8 Å². The summed E-state index contributed by atoms with van der Waals surface area (Å²) in [4.78, 5) is 39.6. The molecule has 0 radical (unpaired) electrons. The maximum absolute atomic E-state index is 13.1. The van der Waals surface area contributed by atoms with Crippen molar-refractivity contribution in [3.63, 3.8) is 0 Å². The lowest BCUT2D eigenvalue weighted by molar-refractivity contribution is -0.119. The van der Waals surface area contributed by atoms with Gasteiger partial charge in [-0.15, -0.1) is 0 Å². The Morgan fingerprint density at radius 2 is 1.70 bits per heavy atom. The Morgan fingerprint density at radius 1 is 0.977 bits per heavy atom. The molecule has 1 aromatic carbocycles. The quantitative estimate of drug-likeness (QED) is 0.434. The number of carbonyl (C=O) groups excluding carboxylic acids is 2. The topological polar surface area (TPSA) is 93.3 Å². The van der Waals surface area contributed by atoms with Crippen LogP contribution in [0.5, 0.6) is 0 Å². The summed E-state index contributed by atoms with van der Waals surface area (Å²) in [5, 5.41) is 6.64. The summed E-state index contributed by atoms with van der Waals surface area (Å²) in [6.07, 6.45) is 7.28. The number of hydrogen-bond donors (Lipinski definition) is 2. The number of anilines is 4. The van der Waals surface area contributed by atoms with E-state index in [1.54, 1.807) is 19.1 Å². The van der Waals surface area contributed by atoms with Crippen LogP contribution in [0.4, 0.5) is 23.0 Å². The van der Waals surface area contributed by atoms with E-state index in [9.17, 15) is 9.59 Å². The third-order valence-electron chi connectivity index (χ3n) is 9.77. The lowest BCUT2D eigenvalue weighted by Crippen LogP contribution is -2.52. The molecule has 1 atom stereocenters. The van der Waals surface area contributed by atoms with Crippen molar-refractivity contribution in [2.45, 2.75) is 63.6 Å². The smallest absolute Gasteiger partial charge is 0.251 e. The molecule has 1 aromatic heterocycles. The molecule has 1 saturated heterocycles. The van der Waals surface area contributed by atoms with E-state index in [1.807, 2.05) is 48.2 Å². The number of nitrogens with one attached hydrogen (secondary N) is 2. The number of hydrogen-bond acceptors (Lipinski definition) is 8. The number of nitrogens with zero attached hydrogens (tertiary/aromatic N) is 5. The lowest BCUT2D eigenvalue weighted by atomic mass is 9.89. The van der Waals surface area contributed by atoms with Gasteiger partial charge in [-0.2, -0.15) is 0 Å². The third kappa shape index (κ3) is 6.97. The number of pyridine rings is 1. The number of methoxy groups -OCH3 is 1. The molecule has 10 nitrogen and oxygen atoms in total. The van der Waals surface area contributed by atoms with Crippen molar-refractivity contribution in [1.82, 2.24) is 20.1 Å². The predicted octanol–water partition coefficient (Wildman–Crippen LogP) is 3.71. The van der Waals surface area contributed by atoms with Gasteiger partial charge in [0.25, 0.3) is 5.91 Å². The highest BCUT2D eigenvalue weighted by Gasteiger charge is 2.35. The standard InChI is InChI=1S/C33H47N7O3/c1-23-33(42)37(2)29-14-15-30(36-31(29)40(23)20-21-43-3)34-26-8-6-25(7-9-26)32(41)35-27-10-12-28(13-11-27)39-18-16-38(17-19-39)22-24-4-5-24/h6-9,14-15,23-24,27-28H,4-5,10-13,16-22H2,1-3H3,(H,34,36)(H,35,41)/t23?,27-,28-. The minimum absolute atomic E-state index is 0.00827. The highest BCUT2D eigenvalue weighted by Crippen LogP contribution is 2.35. The van der Waals surface area contributed by atoms with E-state index in [0.29, 0.717) is 30.6 Å². The van der Waals surface area contributed by atoms with Crippen LogP contribution < -0.4 is 20.4 Å². The number of likely N-dealkylation sites (N-methyl/N-ethyl adjacent to an activating group) is 1. The first kappa shape index (κ1) is 29.8. The van der Waals surface area contributed by atoms with E-state index in [1.165, 1.54) is 45.6 Å². The normalized spacial score (nSPS) is 25.0. The Hall–Kier alpha value is -3.21. The molecule has 2 N–H and O–H groups in total. The van der Waals surface area contributed by atoms with E-state index in [0.717, 1.165) is 48.8 Å². The summed E-state index contributed by atoms with van der Waals surface area (Å²) in [6.45, 7) is 9.09. The van der Waals surface area contributed by atoms with Crippen LogP contribution in [-0.2, 0) is 9.53 Å². The van der Waals surface area contributed by atoms with Gasteiger partial charge in [-0.1, -0.05) is 0 Å². The van der Waals surface area contributed by atoms with E-state index in [4.69, 9.17) is 9.72 Å². The first-order chi connectivity index (χ1) is 20.9. The number of ether oxygens (including phenoxy) is 1. The molecule has 4 aliphatic rings. The minimum atomic E-state index is -0.324. The number of aromatic nitrogens is 1. The summed E-state index contributed by atoms with van der Waals surface area (Å²) in [7, 11) is 3.44. The molecule has 0 bridgehead atoms. The molecule has 10 heteroatoms. The van der Waals surface area contributed by atoms with Crippen molar-refractivity contribution in [3.8, 4) is 0 Å². The van der Waals surface area contributed by atoms with E-state index < -0.39 is 0 Å².